The summed E-state index contributed by atoms with van der Waals surface area (Å²) in [7, 11) is 0. The van der Waals surface area contributed by atoms with E-state index in [0.717, 1.165) is 34.1 Å². The van der Waals surface area contributed by atoms with Crippen molar-refractivity contribution in [2.45, 2.75) is 13.3 Å². The Kier molecular flexibility index (Phi) is 5.61. The molecule has 3 rings (SSSR count). The second-order valence-electron chi connectivity index (χ2n) is 5.16. The quantitative estimate of drug-likeness (QED) is 0.647. The van der Waals surface area contributed by atoms with Crippen LogP contribution in [-0.4, -0.2) is 23.2 Å². The Morgan fingerprint density at radius 3 is 2.79 bits per heavy atom. The number of ether oxygens (including phenoxy) is 1. The summed E-state index contributed by atoms with van der Waals surface area (Å²) in [6, 6.07) is 16.1. The molecule has 0 unspecified atom stereocenters. The van der Waals surface area contributed by atoms with Crippen molar-refractivity contribution in [1.82, 2.24) is 10.3 Å². The first kappa shape index (κ1) is 16.7. The van der Waals surface area contributed by atoms with Gasteiger partial charge in [-0.25, -0.2) is 4.98 Å². The summed E-state index contributed by atoms with van der Waals surface area (Å²) in [5.41, 5.74) is 2.16. The largest absolute Gasteiger partial charge is 0.494 e. The summed E-state index contributed by atoms with van der Waals surface area (Å²) in [4.78, 5) is 4.52. The van der Waals surface area contributed by atoms with Gasteiger partial charge < -0.3 is 15.4 Å². The zero-order chi connectivity index (χ0) is 16.8. The zero-order valence-corrected chi connectivity index (χ0v) is 15.0. The molecule has 1 heterocycles. The topological polar surface area (TPSA) is 46.2 Å². The normalized spacial score (nSPS) is 10.5. The molecule has 1 aromatic heterocycles. The molecule has 0 saturated carbocycles. The molecule has 0 aliphatic carbocycles. The van der Waals surface area contributed by atoms with Crippen LogP contribution in [0.15, 0.2) is 48.5 Å². The van der Waals surface area contributed by atoms with E-state index in [-0.39, 0.29) is 0 Å². The van der Waals surface area contributed by atoms with Crippen molar-refractivity contribution < 1.29 is 4.74 Å². The maximum absolute atomic E-state index is 5.64. The molecule has 0 aliphatic rings. The van der Waals surface area contributed by atoms with Gasteiger partial charge in [-0.15, -0.1) is 0 Å². The van der Waals surface area contributed by atoms with E-state index >= 15 is 0 Å². The number of para-hydroxylation sites is 2. The molecule has 24 heavy (non-hydrogen) atoms. The number of thiocarbonyl (C=S) groups is 1. The van der Waals surface area contributed by atoms with Crippen molar-refractivity contribution in [2.75, 3.05) is 18.5 Å². The van der Waals surface area contributed by atoms with Crippen LogP contribution >= 0.6 is 23.6 Å². The molecular weight excluding hydrogens is 338 g/mol. The number of benzene rings is 2. The second kappa shape index (κ2) is 8.08. The van der Waals surface area contributed by atoms with Crippen LogP contribution in [-0.2, 0) is 6.42 Å². The summed E-state index contributed by atoms with van der Waals surface area (Å²) in [5.74, 6) is 0.937. The predicted molar refractivity (Wildman–Crippen MR) is 105 cm³/mol. The summed E-state index contributed by atoms with van der Waals surface area (Å²) < 4.78 is 6.79. The van der Waals surface area contributed by atoms with Gasteiger partial charge in [-0.2, -0.15) is 0 Å². The maximum Gasteiger partial charge on any atom is 0.190 e. The Labute approximate surface area is 150 Å². The molecule has 0 spiro atoms. The average Bonchev–Trinajstić information content (AvgIpc) is 2.98. The second-order valence-corrected chi connectivity index (χ2v) is 6.60. The van der Waals surface area contributed by atoms with Gasteiger partial charge in [-0.1, -0.05) is 41.7 Å². The van der Waals surface area contributed by atoms with Crippen LogP contribution in [0.2, 0.25) is 0 Å². The van der Waals surface area contributed by atoms with E-state index in [1.165, 1.54) is 5.56 Å². The van der Waals surface area contributed by atoms with Gasteiger partial charge in [0.1, 0.15) is 5.75 Å². The van der Waals surface area contributed by atoms with E-state index in [1.54, 1.807) is 11.3 Å². The van der Waals surface area contributed by atoms with Gasteiger partial charge in [0.2, 0.25) is 0 Å². The van der Waals surface area contributed by atoms with Gasteiger partial charge in [0.25, 0.3) is 0 Å². The Bertz CT molecular complexity index is 799. The fraction of sp³-hybridized carbons (Fsp3) is 0.222. The van der Waals surface area contributed by atoms with Crippen molar-refractivity contribution in [3.05, 3.63) is 54.1 Å². The third-order valence-electron chi connectivity index (χ3n) is 3.47. The van der Waals surface area contributed by atoms with Crippen LogP contribution < -0.4 is 15.4 Å². The Balaban J connectivity index is 1.52. The fourth-order valence-corrected chi connectivity index (χ4v) is 3.52. The molecule has 4 nitrogen and oxygen atoms in total. The molecule has 0 bridgehead atoms. The first-order chi connectivity index (χ1) is 11.8. The fourth-order valence-electron chi connectivity index (χ4n) is 2.38. The molecule has 2 aromatic carbocycles. The summed E-state index contributed by atoms with van der Waals surface area (Å²) in [5, 5.41) is 7.77. The van der Waals surface area contributed by atoms with Crippen molar-refractivity contribution in [3.8, 4) is 5.75 Å². The Morgan fingerprint density at radius 2 is 1.96 bits per heavy atom. The molecule has 6 heteroatoms. The highest BCUT2D eigenvalue weighted by molar-refractivity contribution is 7.80. The standard InChI is InChI=1S/C18H19N3OS2/c1-2-22-15-9-5-3-7-13(15)11-12-19-17(23)21-18-20-14-8-4-6-10-16(14)24-18/h3-10H,2,11-12H2,1H3,(H2,19,20,21,23). The molecule has 2 N–H and O–H groups in total. The van der Waals surface area contributed by atoms with E-state index < -0.39 is 0 Å². The van der Waals surface area contributed by atoms with Crippen molar-refractivity contribution in [1.29, 1.82) is 0 Å². The lowest BCUT2D eigenvalue weighted by Gasteiger charge is -2.11. The third-order valence-corrected chi connectivity index (χ3v) is 4.66. The summed E-state index contributed by atoms with van der Waals surface area (Å²) in [6.07, 6.45) is 0.845. The van der Waals surface area contributed by atoms with E-state index in [9.17, 15) is 0 Å². The van der Waals surface area contributed by atoms with Gasteiger partial charge >= 0.3 is 0 Å². The van der Waals surface area contributed by atoms with E-state index in [2.05, 4.69) is 27.8 Å². The SMILES string of the molecule is CCOc1ccccc1CCNC(=S)Nc1nc2ccccc2s1. The molecule has 0 radical (unpaired) electrons. The third kappa shape index (κ3) is 4.21. The van der Waals surface area contributed by atoms with E-state index in [0.29, 0.717) is 11.7 Å². The van der Waals surface area contributed by atoms with Gasteiger partial charge in [0.15, 0.2) is 10.2 Å². The number of nitrogens with zero attached hydrogens (tertiary/aromatic N) is 1. The molecule has 0 aliphatic heterocycles. The van der Waals surface area contributed by atoms with Crippen LogP contribution in [0, 0.1) is 0 Å². The molecule has 124 valence electrons. The maximum atomic E-state index is 5.64. The first-order valence-electron chi connectivity index (χ1n) is 7.87. The van der Waals surface area contributed by atoms with Crippen molar-refractivity contribution >= 4 is 44.0 Å². The van der Waals surface area contributed by atoms with Crippen LogP contribution in [0.25, 0.3) is 10.2 Å². The minimum Gasteiger partial charge on any atom is -0.494 e. The van der Waals surface area contributed by atoms with Gasteiger partial charge in [-0.05, 0) is 49.3 Å². The van der Waals surface area contributed by atoms with Crippen LogP contribution in [0.1, 0.15) is 12.5 Å². The molecule has 0 saturated heterocycles. The molecule has 0 atom stereocenters. The highest BCUT2D eigenvalue weighted by atomic mass is 32.1. The lowest BCUT2D eigenvalue weighted by atomic mass is 10.1. The molecule has 0 fully saturated rings. The molecule has 0 amide bonds. The van der Waals surface area contributed by atoms with Crippen molar-refractivity contribution in [2.24, 2.45) is 0 Å². The lowest BCUT2D eigenvalue weighted by Crippen LogP contribution is -2.30. The minimum atomic E-state index is 0.586. The average molecular weight is 358 g/mol. The molecule has 3 aromatic rings. The van der Waals surface area contributed by atoms with Gasteiger partial charge in [0.05, 0.1) is 16.8 Å². The van der Waals surface area contributed by atoms with Crippen LogP contribution in [0.5, 0.6) is 5.75 Å². The van der Waals surface area contributed by atoms with Crippen molar-refractivity contribution in [3.63, 3.8) is 0 Å². The number of hydrogen-bond donors (Lipinski definition) is 2. The summed E-state index contributed by atoms with van der Waals surface area (Å²) >= 11 is 6.95. The number of hydrogen-bond acceptors (Lipinski definition) is 4. The number of rotatable bonds is 6. The van der Waals surface area contributed by atoms with Crippen LogP contribution in [0.3, 0.4) is 0 Å². The number of fused-ring (bicyclic) bond motifs is 1. The summed E-state index contributed by atoms with van der Waals surface area (Å²) in [6.45, 7) is 3.40. The number of aromatic nitrogens is 1. The first-order valence-corrected chi connectivity index (χ1v) is 9.10. The Hall–Kier alpha value is -2.18. The predicted octanol–water partition coefficient (Wildman–Crippen LogP) is 4.22. The Morgan fingerprint density at radius 1 is 1.17 bits per heavy atom. The number of thiazole rings is 1. The van der Waals surface area contributed by atoms with Gasteiger partial charge in [0, 0.05) is 6.54 Å². The lowest BCUT2D eigenvalue weighted by molar-refractivity contribution is 0.336. The molecular formula is C18H19N3OS2. The van der Waals surface area contributed by atoms with Gasteiger partial charge in [-0.3, -0.25) is 0 Å². The smallest absolute Gasteiger partial charge is 0.190 e. The van der Waals surface area contributed by atoms with E-state index in [1.807, 2.05) is 43.3 Å². The highest BCUT2D eigenvalue weighted by Crippen LogP contribution is 2.25. The number of anilines is 1. The van der Waals surface area contributed by atoms with E-state index in [4.69, 9.17) is 17.0 Å². The number of nitrogens with one attached hydrogen (secondary N) is 2. The monoisotopic (exact) mass is 357 g/mol. The van der Waals surface area contributed by atoms with Crippen LogP contribution in [0.4, 0.5) is 5.13 Å². The highest BCUT2D eigenvalue weighted by Gasteiger charge is 2.06. The minimum absolute atomic E-state index is 0.586. The zero-order valence-electron chi connectivity index (χ0n) is 13.4.